The van der Waals surface area contributed by atoms with Gasteiger partial charge in [0.15, 0.2) is 0 Å². The van der Waals surface area contributed by atoms with Crippen molar-refractivity contribution in [3.05, 3.63) is 59.2 Å². The van der Waals surface area contributed by atoms with Crippen molar-refractivity contribution in [3.63, 3.8) is 0 Å². The summed E-state index contributed by atoms with van der Waals surface area (Å²) in [5.74, 6) is -0.207. The van der Waals surface area contributed by atoms with Gasteiger partial charge in [-0.25, -0.2) is 14.4 Å². The second kappa shape index (κ2) is 5.03. The minimum atomic E-state index is -0.207. The molecule has 0 aliphatic rings. The van der Waals surface area contributed by atoms with Gasteiger partial charge in [-0.05, 0) is 36.7 Å². The Morgan fingerprint density at radius 2 is 2.00 bits per heavy atom. The van der Waals surface area contributed by atoms with Crippen molar-refractivity contribution in [2.75, 3.05) is 7.05 Å². The summed E-state index contributed by atoms with van der Waals surface area (Å²) in [5.41, 5.74) is 0.997. The number of hydrogen-bond acceptors (Lipinski definition) is 4. The Morgan fingerprint density at radius 3 is 2.74 bits per heavy atom. The quantitative estimate of drug-likeness (QED) is 0.796. The Hall–Kier alpha value is -1.85. The van der Waals surface area contributed by atoms with Crippen molar-refractivity contribution in [2.24, 2.45) is 0 Å². The molecule has 0 spiro atoms. The van der Waals surface area contributed by atoms with Gasteiger partial charge in [0.05, 0.1) is 6.04 Å². The van der Waals surface area contributed by atoms with Gasteiger partial charge in [0.25, 0.3) is 0 Å². The number of nitrogens with zero attached hydrogens (tertiary/aromatic N) is 2. The number of benzene rings is 1. The zero-order valence-electron chi connectivity index (χ0n) is 10.3. The van der Waals surface area contributed by atoms with Gasteiger partial charge in [0, 0.05) is 27.5 Å². The van der Waals surface area contributed by atoms with E-state index in [2.05, 4.69) is 15.3 Å². The minimum absolute atomic E-state index is 0.0293. The van der Waals surface area contributed by atoms with Crippen molar-refractivity contribution in [1.82, 2.24) is 15.3 Å². The van der Waals surface area contributed by atoms with Gasteiger partial charge in [-0.3, -0.25) is 0 Å². The highest BCUT2D eigenvalue weighted by Crippen LogP contribution is 2.32. The Labute approximate surface area is 114 Å². The molecular formula is C14H12FN3S. The lowest BCUT2D eigenvalue weighted by atomic mass is 10.1. The summed E-state index contributed by atoms with van der Waals surface area (Å²) < 4.78 is 14.3. The van der Waals surface area contributed by atoms with E-state index in [1.807, 2.05) is 19.2 Å². The second-order valence-electron chi connectivity index (χ2n) is 4.22. The van der Waals surface area contributed by atoms with Gasteiger partial charge in [-0.2, -0.15) is 0 Å². The van der Waals surface area contributed by atoms with Gasteiger partial charge in [0.1, 0.15) is 12.1 Å². The predicted octanol–water partition coefficient (Wildman–Crippen LogP) is 3.14. The van der Waals surface area contributed by atoms with Gasteiger partial charge in [-0.15, -0.1) is 11.3 Å². The van der Waals surface area contributed by atoms with Crippen LogP contribution in [0.3, 0.4) is 0 Å². The van der Waals surface area contributed by atoms with Crippen LogP contribution in [0.1, 0.15) is 16.5 Å². The highest BCUT2D eigenvalue weighted by molar-refractivity contribution is 7.19. The van der Waals surface area contributed by atoms with E-state index in [4.69, 9.17) is 0 Å². The molecule has 1 unspecified atom stereocenters. The largest absolute Gasteiger partial charge is 0.309 e. The Bertz CT molecular complexity index is 696. The molecule has 3 nitrogen and oxygen atoms in total. The highest BCUT2D eigenvalue weighted by atomic mass is 32.1. The molecule has 0 aliphatic heterocycles. The standard InChI is InChI=1S/C14H12FN3S/c1-16-14(10-6-17-8-18-7-10)13-5-9-4-11(15)2-3-12(9)19-13/h2-8,14,16H,1H3. The first-order valence-electron chi connectivity index (χ1n) is 5.89. The maximum Gasteiger partial charge on any atom is 0.123 e. The lowest BCUT2D eigenvalue weighted by Crippen LogP contribution is -2.16. The minimum Gasteiger partial charge on any atom is -0.309 e. The van der Waals surface area contributed by atoms with Crippen LogP contribution in [-0.2, 0) is 0 Å². The molecule has 0 radical (unpaired) electrons. The van der Waals surface area contributed by atoms with Crippen LogP contribution in [0.4, 0.5) is 4.39 Å². The van der Waals surface area contributed by atoms with Crippen molar-refractivity contribution in [2.45, 2.75) is 6.04 Å². The van der Waals surface area contributed by atoms with Crippen LogP contribution in [0.15, 0.2) is 43.0 Å². The van der Waals surface area contributed by atoms with Gasteiger partial charge < -0.3 is 5.32 Å². The maximum absolute atomic E-state index is 13.2. The topological polar surface area (TPSA) is 37.8 Å². The Kier molecular flexibility index (Phi) is 3.23. The third-order valence-corrected chi connectivity index (χ3v) is 4.17. The number of fused-ring (bicyclic) bond motifs is 1. The van der Waals surface area contributed by atoms with Crippen LogP contribution in [0.25, 0.3) is 10.1 Å². The first-order chi connectivity index (χ1) is 9.28. The van der Waals surface area contributed by atoms with E-state index >= 15 is 0 Å². The van der Waals surface area contributed by atoms with Crippen molar-refractivity contribution in [3.8, 4) is 0 Å². The van der Waals surface area contributed by atoms with E-state index in [9.17, 15) is 4.39 Å². The maximum atomic E-state index is 13.2. The van der Waals surface area contributed by atoms with Gasteiger partial charge in [-0.1, -0.05) is 0 Å². The van der Waals surface area contributed by atoms with E-state index in [0.717, 1.165) is 20.5 Å². The molecule has 2 heterocycles. The molecule has 0 aliphatic carbocycles. The first-order valence-corrected chi connectivity index (χ1v) is 6.71. The smallest absolute Gasteiger partial charge is 0.123 e. The van der Waals surface area contributed by atoms with Crippen molar-refractivity contribution in [1.29, 1.82) is 0 Å². The summed E-state index contributed by atoms with van der Waals surface area (Å²) in [6, 6.07) is 6.90. The number of aromatic nitrogens is 2. The molecule has 19 heavy (non-hydrogen) atoms. The summed E-state index contributed by atoms with van der Waals surface area (Å²) >= 11 is 1.65. The summed E-state index contributed by atoms with van der Waals surface area (Å²) in [5, 5.41) is 4.17. The SMILES string of the molecule is CNC(c1cncnc1)c1cc2cc(F)ccc2s1. The molecule has 0 bridgehead atoms. The van der Waals surface area contributed by atoms with E-state index in [0.29, 0.717) is 0 Å². The molecule has 3 aromatic rings. The van der Waals surface area contributed by atoms with E-state index in [-0.39, 0.29) is 11.9 Å². The number of hydrogen-bond donors (Lipinski definition) is 1. The molecule has 96 valence electrons. The van der Waals surface area contributed by atoms with Crippen LogP contribution in [0.2, 0.25) is 0 Å². The zero-order chi connectivity index (χ0) is 13.2. The summed E-state index contributed by atoms with van der Waals surface area (Å²) in [7, 11) is 1.89. The molecule has 5 heteroatoms. The molecule has 0 saturated carbocycles. The number of thiophene rings is 1. The van der Waals surface area contributed by atoms with E-state index in [1.54, 1.807) is 29.8 Å². The molecule has 0 amide bonds. The number of nitrogens with one attached hydrogen (secondary N) is 1. The summed E-state index contributed by atoms with van der Waals surface area (Å²) in [4.78, 5) is 9.20. The number of rotatable bonds is 3. The van der Waals surface area contributed by atoms with E-state index in [1.165, 1.54) is 12.4 Å². The van der Waals surface area contributed by atoms with Crippen LogP contribution >= 0.6 is 11.3 Å². The monoisotopic (exact) mass is 273 g/mol. The molecule has 1 atom stereocenters. The first kappa shape index (κ1) is 12.2. The third kappa shape index (κ3) is 2.34. The van der Waals surface area contributed by atoms with Crippen molar-refractivity contribution < 1.29 is 4.39 Å². The number of halogens is 1. The van der Waals surface area contributed by atoms with Crippen LogP contribution in [0.5, 0.6) is 0 Å². The average molecular weight is 273 g/mol. The fourth-order valence-corrected chi connectivity index (χ4v) is 3.29. The molecule has 3 rings (SSSR count). The van der Waals surface area contributed by atoms with Gasteiger partial charge in [0.2, 0.25) is 0 Å². The molecule has 1 aromatic carbocycles. The fraction of sp³-hybridized carbons (Fsp3) is 0.143. The average Bonchev–Trinajstić information content (AvgIpc) is 2.83. The summed E-state index contributed by atoms with van der Waals surface area (Å²) in [6.45, 7) is 0. The fourth-order valence-electron chi connectivity index (χ4n) is 2.11. The second-order valence-corrected chi connectivity index (χ2v) is 5.34. The lowest BCUT2D eigenvalue weighted by molar-refractivity contribution is 0.630. The summed E-state index contributed by atoms with van der Waals surface area (Å²) in [6.07, 6.45) is 5.09. The van der Waals surface area contributed by atoms with E-state index < -0.39 is 0 Å². The van der Waals surface area contributed by atoms with Crippen LogP contribution in [0, 0.1) is 5.82 Å². The van der Waals surface area contributed by atoms with Gasteiger partial charge >= 0.3 is 0 Å². The zero-order valence-corrected chi connectivity index (χ0v) is 11.1. The molecule has 2 aromatic heterocycles. The van der Waals surface area contributed by atoms with Crippen LogP contribution in [-0.4, -0.2) is 17.0 Å². The lowest BCUT2D eigenvalue weighted by Gasteiger charge is -2.13. The normalized spacial score (nSPS) is 12.7. The highest BCUT2D eigenvalue weighted by Gasteiger charge is 2.15. The molecule has 1 N–H and O–H groups in total. The molecule has 0 saturated heterocycles. The molecule has 0 fully saturated rings. The third-order valence-electron chi connectivity index (χ3n) is 2.98. The molecular weight excluding hydrogens is 261 g/mol. The predicted molar refractivity (Wildman–Crippen MR) is 74.7 cm³/mol. The van der Waals surface area contributed by atoms with Crippen molar-refractivity contribution >= 4 is 21.4 Å². The Morgan fingerprint density at radius 1 is 1.21 bits per heavy atom. The van der Waals surface area contributed by atoms with Crippen LogP contribution < -0.4 is 5.32 Å². The Balaban J connectivity index is 2.07.